The third kappa shape index (κ3) is 2.37. The first-order chi connectivity index (χ1) is 7.36. The summed E-state index contributed by atoms with van der Waals surface area (Å²) in [6, 6.07) is 4.07. The van der Waals surface area contributed by atoms with E-state index in [0.29, 0.717) is 0 Å². The van der Waals surface area contributed by atoms with Gasteiger partial charge in [-0.3, -0.25) is 0 Å². The first kappa shape index (κ1) is 14.2. The maximum absolute atomic E-state index is 4.63. The lowest BCUT2D eigenvalue weighted by atomic mass is 9.99. The van der Waals surface area contributed by atoms with Gasteiger partial charge in [0.1, 0.15) is 0 Å². The molecule has 0 saturated carbocycles. The van der Waals surface area contributed by atoms with Crippen molar-refractivity contribution in [1.29, 1.82) is 0 Å². The van der Waals surface area contributed by atoms with Gasteiger partial charge in [-0.25, -0.2) is 9.97 Å². The van der Waals surface area contributed by atoms with Crippen molar-refractivity contribution in [3.05, 3.63) is 35.2 Å². The second-order valence-electron chi connectivity index (χ2n) is 3.96. The summed E-state index contributed by atoms with van der Waals surface area (Å²) in [7, 11) is 0. The normalized spacial score (nSPS) is 13.5. The molecule has 1 aliphatic heterocycles. The Kier molecular flexibility index (Phi) is 4.69. The van der Waals surface area contributed by atoms with Gasteiger partial charge in [-0.05, 0) is 30.2 Å². The molecule has 0 aromatic carbocycles. The molecule has 3 rings (SSSR count). The summed E-state index contributed by atoms with van der Waals surface area (Å²) < 4.78 is 0. The molecule has 2 aromatic heterocycles. The Hall–Kier alpha value is -0.900. The molecule has 92 valence electrons. The Morgan fingerprint density at radius 1 is 1.29 bits per heavy atom. The van der Waals surface area contributed by atoms with Crippen LogP contribution in [0.5, 0.6) is 0 Å². The van der Waals surface area contributed by atoms with Crippen LogP contribution >= 0.6 is 24.8 Å². The maximum atomic E-state index is 4.63. The molecule has 5 heteroatoms. The molecule has 1 aliphatic rings. The molecule has 3 heterocycles. The van der Waals surface area contributed by atoms with Gasteiger partial charge in [0.05, 0.1) is 0 Å². The zero-order valence-corrected chi connectivity index (χ0v) is 11.2. The molecule has 3 nitrogen and oxygen atoms in total. The molecule has 0 unspecified atom stereocenters. The van der Waals surface area contributed by atoms with Gasteiger partial charge in [-0.2, -0.15) is 0 Å². The zero-order valence-electron chi connectivity index (χ0n) is 9.56. The summed E-state index contributed by atoms with van der Waals surface area (Å²) in [6.07, 6.45) is 2.82. The SMILES string of the molecule is Cc1c2c(nc3ncccc13)CCNC2.Cl.Cl. The quantitative estimate of drug-likeness (QED) is 0.800. The molecule has 2 aromatic rings. The van der Waals surface area contributed by atoms with Crippen molar-refractivity contribution in [3.63, 3.8) is 0 Å². The van der Waals surface area contributed by atoms with Crippen molar-refractivity contribution in [2.24, 2.45) is 0 Å². The minimum Gasteiger partial charge on any atom is -0.312 e. The van der Waals surface area contributed by atoms with Gasteiger partial charge in [0.15, 0.2) is 5.65 Å². The number of nitrogens with one attached hydrogen (secondary N) is 1. The largest absolute Gasteiger partial charge is 0.312 e. The number of halogens is 2. The van der Waals surface area contributed by atoms with Crippen LogP contribution in [-0.4, -0.2) is 16.5 Å². The van der Waals surface area contributed by atoms with Crippen LogP contribution in [0.15, 0.2) is 18.3 Å². The number of rotatable bonds is 0. The van der Waals surface area contributed by atoms with E-state index in [1.165, 1.54) is 22.2 Å². The van der Waals surface area contributed by atoms with Gasteiger partial charge in [-0.15, -0.1) is 24.8 Å². The van der Waals surface area contributed by atoms with Gasteiger partial charge >= 0.3 is 0 Å². The summed E-state index contributed by atoms with van der Waals surface area (Å²) in [5, 5.41) is 4.57. The standard InChI is InChI=1S/C12H13N3.2ClH/c1-8-9-3-2-5-14-12(9)15-11-4-6-13-7-10(8)11;;/h2-3,5,13H,4,6-7H2,1H3;2*1H. The smallest absolute Gasteiger partial charge is 0.159 e. The van der Waals surface area contributed by atoms with Crippen molar-refractivity contribution < 1.29 is 0 Å². The Bertz CT molecular complexity index is 528. The highest BCUT2D eigenvalue weighted by molar-refractivity contribution is 5.85. The van der Waals surface area contributed by atoms with Crippen molar-refractivity contribution >= 4 is 35.8 Å². The predicted octanol–water partition coefficient (Wildman–Crippen LogP) is 2.43. The molecular formula is C12H15Cl2N3. The van der Waals surface area contributed by atoms with Crippen LogP contribution in [-0.2, 0) is 13.0 Å². The van der Waals surface area contributed by atoms with Crippen molar-refractivity contribution in [2.75, 3.05) is 6.54 Å². The van der Waals surface area contributed by atoms with Gasteiger partial charge in [0, 0.05) is 36.8 Å². The fourth-order valence-electron chi connectivity index (χ4n) is 2.21. The molecule has 1 N–H and O–H groups in total. The van der Waals surface area contributed by atoms with Crippen molar-refractivity contribution in [1.82, 2.24) is 15.3 Å². The first-order valence-electron chi connectivity index (χ1n) is 5.30. The van der Waals surface area contributed by atoms with E-state index in [1.54, 1.807) is 0 Å². The van der Waals surface area contributed by atoms with Gasteiger partial charge in [0.2, 0.25) is 0 Å². The summed E-state index contributed by atoms with van der Waals surface area (Å²) in [6.45, 7) is 4.13. The van der Waals surface area contributed by atoms with E-state index in [-0.39, 0.29) is 24.8 Å². The molecule has 0 radical (unpaired) electrons. The number of fused-ring (bicyclic) bond motifs is 2. The highest BCUT2D eigenvalue weighted by Crippen LogP contribution is 2.23. The first-order valence-corrected chi connectivity index (χ1v) is 5.30. The van der Waals surface area contributed by atoms with Crippen LogP contribution in [0, 0.1) is 6.92 Å². The van der Waals surface area contributed by atoms with Gasteiger partial charge < -0.3 is 5.32 Å². The lowest BCUT2D eigenvalue weighted by Gasteiger charge is -2.19. The molecule has 0 atom stereocenters. The second kappa shape index (κ2) is 5.63. The van der Waals surface area contributed by atoms with Crippen LogP contribution in [0.1, 0.15) is 16.8 Å². The van der Waals surface area contributed by atoms with E-state index in [4.69, 9.17) is 0 Å². The highest BCUT2D eigenvalue weighted by atomic mass is 35.5. The number of aryl methyl sites for hydroxylation is 1. The van der Waals surface area contributed by atoms with E-state index in [9.17, 15) is 0 Å². The lowest BCUT2D eigenvalue weighted by molar-refractivity contribution is 0.629. The van der Waals surface area contributed by atoms with E-state index in [2.05, 4.69) is 28.3 Å². The Morgan fingerprint density at radius 2 is 2.12 bits per heavy atom. The molecule has 17 heavy (non-hydrogen) atoms. The highest BCUT2D eigenvalue weighted by Gasteiger charge is 2.15. The van der Waals surface area contributed by atoms with Gasteiger partial charge in [-0.1, -0.05) is 0 Å². The number of hydrogen-bond acceptors (Lipinski definition) is 3. The third-order valence-electron chi connectivity index (χ3n) is 3.07. The minimum atomic E-state index is 0. The van der Waals surface area contributed by atoms with Crippen molar-refractivity contribution in [3.8, 4) is 0 Å². The van der Waals surface area contributed by atoms with E-state index < -0.39 is 0 Å². The number of aromatic nitrogens is 2. The van der Waals surface area contributed by atoms with E-state index in [0.717, 1.165) is 25.2 Å². The molecule has 0 spiro atoms. The Morgan fingerprint density at radius 3 is 2.94 bits per heavy atom. The third-order valence-corrected chi connectivity index (χ3v) is 3.07. The van der Waals surface area contributed by atoms with E-state index in [1.807, 2.05) is 12.3 Å². The monoisotopic (exact) mass is 271 g/mol. The predicted molar refractivity (Wildman–Crippen MR) is 74.2 cm³/mol. The fraction of sp³-hybridized carbons (Fsp3) is 0.333. The number of pyridine rings is 2. The molecule has 0 bridgehead atoms. The maximum Gasteiger partial charge on any atom is 0.159 e. The lowest BCUT2D eigenvalue weighted by Crippen LogP contribution is -2.25. The molecule has 0 aliphatic carbocycles. The minimum absolute atomic E-state index is 0. The zero-order chi connectivity index (χ0) is 10.3. The number of nitrogens with zero attached hydrogens (tertiary/aromatic N) is 2. The molecular weight excluding hydrogens is 257 g/mol. The topological polar surface area (TPSA) is 37.8 Å². The Balaban J connectivity index is 0.000000722. The molecule has 0 fully saturated rings. The molecule has 0 amide bonds. The Labute approximate surface area is 113 Å². The summed E-state index contributed by atoms with van der Waals surface area (Å²) in [5.74, 6) is 0. The summed E-state index contributed by atoms with van der Waals surface area (Å²) >= 11 is 0. The van der Waals surface area contributed by atoms with E-state index >= 15 is 0 Å². The fourth-order valence-corrected chi connectivity index (χ4v) is 2.21. The average molecular weight is 272 g/mol. The van der Waals surface area contributed by atoms with Crippen LogP contribution in [0.2, 0.25) is 0 Å². The van der Waals surface area contributed by atoms with Gasteiger partial charge in [0.25, 0.3) is 0 Å². The number of hydrogen-bond donors (Lipinski definition) is 1. The summed E-state index contributed by atoms with van der Waals surface area (Å²) in [5.41, 5.74) is 4.80. The van der Waals surface area contributed by atoms with Crippen LogP contribution < -0.4 is 5.32 Å². The van der Waals surface area contributed by atoms with Crippen molar-refractivity contribution in [2.45, 2.75) is 19.9 Å². The molecule has 0 saturated heterocycles. The summed E-state index contributed by atoms with van der Waals surface area (Å²) in [4.78, 5) is 8.94. The van der Waals surface area contributed by atoms with Crippen LogP contribution in [0.3, 0.4) is 0 Å². The van der Waals surface area contributed by atoms with Crippen LogP contribution in [0.4, 0.5) is 0 Å². The van der Waals surface area contributed by atoms with Crippen LogP contribution in [0.25, 0.3) is 11.0 Å². The average Bonchev–Trinajstić information content (AvgIpc) is 2.30. The second-order valence-corrected chi connectivity index (χ2v) is 3.96.